The molecule has 0 saturated carbocycles. The summed E-state index contributed by atoms with van der Waals surface area (Å²) in [5, 5.41) is 3.78. The summed E-state index contributed by atoms with van der Waals surface area (Å²) in [7, 11) is 0. The number of nitrogens with zero attached hydrogens (tertiary/aromatic N) is 1. The van der Waals surface area contributed by atoms with Crippen LogP contribution in [-0.4, -0.2) is 62.4 Å². The maximum atomic E-state index is 12.7. The van der Waals surface area contributed by atoms with E-state index in [1.165, 1.54) is 0 Å². The molecule has 0 unspecified atom stereocenters. The molecule has 1 aromatic carbocycles. The molecule has 8 heteroatoms. The number of aryl methyl sites for hydroxylation is 2. The Bertz CT molecular complexity index is 1130. The largest absolute Gasteiger partial charge is 0.487 e. The van der Waals surface area contributed by atoms with Gasteiger partial charge in [0.05, 0.1) is 18.6 Å². The van der Waals surface area contributed by atoms with Crippen molar-refractivity contribution in [1.82, 2.24) is 10.2 Å². The summed E-state index contributed by atoms with van der Waals surface area (Å²) in [4.78, 5) is 27.5. The van der Waals surface area contributed by atoms with E-state index in [-0.39, 0.29) is 23.7 Å². The number of nitrogens with one attached hydrogen (secondary N) is 1. The smallest absolute Gasteiger partial charge is 0.339 e. The molecular formula is C26H34N2O6. The molecule has 0 radical (unpaired) electrons. The standard InChI is InChI=1S/C26H34N2O6/c1-26(2)8-7-19-20(34-26)15-21(23-17-5-3-6-18(17)25(30)33-24(19)23)32-16-22(29)27-9-4-10-28-11-13-31-14-12-28/h15H,3-14,16H2,1-2H3,(H,27,29). The Morgan fingerprint density at radius 2 is 1.94 bits per heavy atom. The number of hydrogen-bond acceptors (Lipinski definition) is 7. The average molecular weight is 471 g/mol. The Hall–Kier alpha value is -2.58. The fourth-order valence-corrected chi connectivity index (χ4v) is 5.22. The summed E-state index contributed by atoms with van der Waals surface area (Å²) >= 11 is 0. The second-order valence-electron chi connectivity index (χ2n) is 10.1. The van der Waals surface area contributed by atoms with Crippen molar-refractivity contribution in [2.75, 3.05) is 46.0 Å². The van der Waals surface area contributed by atoms with Crippen LogP contribution >= 0.6 is 0 Å². The third-order valence-electron chi connectivity index (χ3n) is 7.07. The number of morpholine rings is 1. The maximum Gasteiger partial charge on any atom is 0.339 e. The summed E-state index contributed by atoms with van der Waals surface area (Å²) in [5.41, 5.74) is 2.64. The van der Waals surface area contributed by atoms with E-state index in [9.17, 15) is 9.59 Å². The second-order valence-corrected chi connectivity index (χ2v) is 10.1. The van der Waals surface area contributed by atoms with Crippen LogP contribution in [0.2, 0.25) is 0 Å². The van der Waals surface area contributed by atoms with Gasteiger partial charge in [0.1, 0.15) is 22.7 Å². The Morgan fingerprint density at radius 1 is 1.15 bits per heavy atom. The fourth-order valence-electron chi connectivity index (χ4n) is 5.22. The van der Waals surface area contributed by atoms with Gasteiger partial charge in [-0.2, -0.15) is 0 Å². The number of rotatable bonds is 7. The molecule has 3 heterocycles. The minimum Gasteiger partial charge on any atom is -0.487 e. The number of ether oxygens (including phenoxy) is 3. The van der Waals surface area contributed by atoms with Crippen molar-refractivity contribution in [3.05, 3.63) is 33.2 Å². The molecule has 184 valence electrons. The topological polar surface area (TPSA) is 90.2 Å². The van der Waals surface area contributed by atoms with Gasteiger partial charge in [-0.25, -0.2) is 4.79 Å². The molecule has 0 spiro atoms. The molecule has 5 rings (SSSR count). The lowest BCUT2D eigenvalue weighted by Crippen LogP contribution is -2.38. The van der Waals surface area contributed by atoms with E-state index >= 15 is 0 Å². The van der Waals surface area contributed by atoms with Crippen LogP contribution in [0.15, 0.2) is 15.3 Å². The number of fused-ring (bicyclic) bond motifs is 5. The number of carbonyl (C=O) groups excluding carboxylic acids is 1. The lowest BCUT2D eigenvalue weighted by atomic mass is 9.91. The van der Waals surface area contributed by atoms with Crippen LogP contribution in [0.3, 0.4) is 0 Å². The minimum atomic E-state index is -0.313. The first-order valence-corrected chi connectivity index (χ1v) is 12.4. The Morgan fingerprint density at radius 3 is 2.76 bits per heavy atom. The summed E-state index contributed by atoms with van der Waals surface area (Å²) in [6.07, 6.45) is 4.94. The van der Waals surface area contributed by atoms with Crippen molar-refractivity contribution >= 4 is 16.9 Å². The number of benzene rings is 1. The van der Waals surface area contributed by atoms with E-state index in [4.69, 9.17) is 18.6 Å². The van der Waals surface area contributed by atoms with Gasteiger partial charge in [0, 0.05) is 36.8 Å². The average Bonchev–Trinajstić information content (AvgIpc) is 3.31. The molecule has 1 aliphatic carbocycles. The van der Waals surface area contributed by atoms with Crippen molar-refractivity contribution in [3.8, 4) is 11.5 Å². The molecule has 1 N–H and O–H groups in total. The van der Waals surface area contributed by atoms with Gasteiger partial charge in [-0.3, -0.25) is 9.69 Å². The Kier molecular flexibility index (Phi) is 6.53. The highest BCUT2D eigenvalue weighted by atomic mass is 16.5. The maximum absolute atomic E-state index is 12.7. The summed E-state index contributed by atoms with van der Waals surface area (Å²) in [5.74, 6) is 1.06. The summed E-state index contributed by atoms with van der Waals surface area (Å²) < 4.78 is 23.5. The normalized spacial score (nSPS) is 19.4. The first kappa shape index (κ1) is 23.2. The number of carbonyl (C=O) groups is 1. The lowest BCUT2D eigenvalue weighted by molar-refractivity contribution is -0.123. The zero-order valence-electron chi connectivity index (χ0n) is 20.2. The molecule has 2 aliphatic heterocycles. The van der Waals surface area contributed by atoms with E-state index in [1.54, 1.807) is 0 Å². The molecule has 3 aliphatic rings. The second kappa shape index (κ2) is 9.58. The van der Waals surface area contributed by atoms with E-state index in [0.29, 0.717) is 23.6 Å². The summed E-state index contributed by atoms with van der Waals surface area (Å²) in [6.45, 7) is 8.99. The van der Waals surface area contributed by atoms with Gasteiger partial charge in [-0.1, -0.05) is 0 Å². The van der Waals surface area contributed by atoms with Crippen LogP contribution in [0, 0.1) is 0 Å². The molecule has 1 fully saturated rings. The van der Waals surface area contributed by atoms with Crippen LogP contribution in [0.4, 0.5) is 0 Å². The molecule has 2 aromatic rings. The van der Waals surface area contributed by atoms with E-state index in [0.717, 1.165) is 93.4 Å². The molecule has 0 bridgehead atoms. The number of amides is 1. The van der Waals surface area contributed by atoms with E-state index in [2.05, 4.69) is 10.2 Å². The van der Waals surface area contributed by atoms with Crippen molar-refractivity contribution in [1.29, 1.82) is 0 Å². The van der Waals surface area contributed by atoms with Crippen LogP contribution < -0.4 is 20.4 Å². The van der Waals surface area contributed by atoms with Crippen LogP contribution in [0.25, 0.3) is 11.0 Å². The van der Waals surface area contributed by atoms with Gasteiger partial charge in [0.15, 0.2) is 6.61 Å². The first-order chi connectivity index (χ1) is 16.4. The monoisotopic (exact) mass is 470 g/mol. The SMILES string of the molecule is CC1(C)CCc2c(cc(OCC(=O)NCCCN3CCOCC3)c3c4c(c(=O)oc23)CCC4)O1. The van der Waals surface area contributed by atoms with Gasteiger partial charge in [-0.05, 0) is 64.5 Å². The molecule has 1 saturated heterocycles. The molecule has 0 atom stereocenters. The predicted octanol–water partition coefficient (Wildman–Crippen LogP) is 2.60. The van der Waals surface area contributed by atoms with Crippen molar-refractivity contribution < 1.29 is 23.4 Å². The van der Waals surface area contributed by atoms with Gasteiger partial charge in [0.2, 0.25) is 0 Å². The quantitative estimate of drug-likeness (QED) is 0.491. The highest BCUT2D eigenvalue weighted by Crippen LogP contribution is 2.44. The van der Waals surface area contributed by atoms with Gasteiger partial charge in [0.25, 0.3) is 5.91 Å². The van der Waals surface area contributed by atoms with Gasteiger partial charge < -0.3 is 23.9 Å². The van der Waals surface area contributed by atoms with Crippen molar-refractivity contribution in [2.24, 2.45) is 0 Å². The van der Waals surface area contributed by atoms with Crippen LogP contribution in [-0.2, 0) is 28.8 Å². The zero-order chi connectivity index (χ0) is 23.7. The fraction of sp³-hybridized carbons (Fsp3) is 0.615. The first-order valence-electron chi connectivity index (χ1n) is 12.4. The van der Waals surface area contributed by atoms with E-state index in [1.807, 2.05) is 19.9 Å². The van der Waals surface area contributed by atoms with Crippen LogP contribution in [0.1, 0.15) is 49.8 Å². The number of hydrogen-bond donors (Lipinski definition) is 1. The molecule has 34 heavy (non-hydrogen) atoms. The summed E-state index contributed by atoms with van der Waals surface area (Å²) in [6, 6.07) is 1.88. The lowest BCUT2D eigenvalue weighted by Gasteiger charge is -2.33. The molecule has 1 amide bonds. The van der Waals surface area contributed by atoms with Crippen molar-refractivity contribution in [2.45, 2.75) is 58.0 Å². The highest BCUT2D eigenvalue weighted by Gasteiger charge is 2.32. The zero-order valence-corrected chi connectivity index (χ0v) is 20.2. The molecule has 1 aromatic heterocycles. The van der Waals surface area contributed by atoms with Gasteiger partial charge >= 0.3 is 5.63 Å². The van der Waals surface area contributed by atoms with Crippen LogP contribution in [0.5, 0.6) is 11.5 Å². The third-order valence-corrected chi connectivity index (χ3v) is 7.07. The molecular weight excluding hydrogens is 436 g/mol. The van der Waals surface area contributed by atoms with E-state index < -0.39 is 0 Å². The minimum absolute atomic E-state index is 0.0945. The highest BCUT2D eigenvalue weighted by molar-refractivity contribution is 5.93. The Labute approximate surface area is 199 Å². The predicted molar refractivity (Wildman–Crippen MR) is 128 cm³/mol. The Balaban J connectivity index is 1.32. The molecule has 8 nitrogen and oxygen atoms in total. The van der Waals surface area contributed by atoms with Gasteiger partial charge in [-0.15, -0.1) is 0 Å². The van der Waals surface area contributed by atoms with Crippen molar-refractivity contribution in [3.63, 3.8) is 0 Å². The third kappa shape index (κ3) is 4.79.